The van der Waals surface area contributed by atoms with Gasteiger partial charge in [0.05, 0.1) is 6.26 Å². The van der Waals surface area contributed by atoms with Gasteiger partial charge in [0.15, 0.2) is 16.7 Å². The molecule has 0 atom stereocenters. The Kier molecular flexibility index (Phi) is 4.52. The van der Waals surface area contributed by atoms with Crippen LogP contribution < -0.4 is 5.32 Å². The Balaban J connectivity index is 2.34. The molecule has 0 aliphatic carbocycles. The van der Waals surface area contributed by atoms with Gasteiger partial charge < -0.3 is 9.52 Å². The molecule has 20 heavy (non-hydrogen) atoms. The molecule has 106 valence electrons. The van der Waals surface area contributed by atoms with Crippen LogP contribution in [0.2, 0.25) is 0 Å². The Bertz CT molecular complexity index is 604. The predicted octanol–water partition coefficient (Wildman–Crippen LogP) is 3.87. The largest absolute Gasteiger partial charge is 0.465 e. The number of furan rings is 1. The van der Waals surface area contributed by atoms with Crippen LogP contribution in [-0.4, -0.2) is 22.0 Å². The molecule has 0 fully saturated rings. The van der Waals surface area contributed by atoms with Crippen LogP contribution >= 0.6 is 11.3 Å². The average molecular weight is 294 g/mol. The van der Waals surface area contributed by atoms with Gasteiger partial charge in [-0.05, 0) is 18.6 Å². The third kappa shape index (κ3) is 3.24. The number of hydrogen-bond acceptors (Lipinski definition) is 5. The second kappa shape index (κ2) is 6.33. The minimum absolute atomic E-state index is 0.0470. The highest BCUT2D eigenvalue weighted by molar-refractivity contribution is 7.18. The summed E-state index contributed by atoms with van der Waals surface area (Å²) in [6.45, 7) is 2.00. The number of rotatable bonds is 6. The Labute approximate surface area is 119 Å². The summed E-state index contributed by atoms with van der Waals surface area (Å²) >= 11 is 1.03. The van der Waals surface area contributed by atoms with E-state index in [1.807, 2.05) is 6.92 Å². The maximum atomic E-state index is 12.2. The summed E-state index contributed by atoms with van der Waals surface area (Å²) in [5.74, 6) is 0.411. The second-order valence-corrected chi connectivity index (χ2v) is 5.13. The minimum atomic E-state index is -1.21. The molecule has 6 nitrogen and oxygen atoms in total. The van der Waals surface area contributed by atoms with E-state index in [1.54, 1.807) is 12.1 Å². The molecule has 2 N–H and O–H groups in total. The fraction of sp³-hybridized carbons (Fsp3) is 0.308. The Morgan fingerprint density at radius 1 is 1.50 bits per heavy atom. The van der Waals surface area contributed by atoms with Crippen molar-refractivity contribution < 1.29 is 19.1 Å². The number of nitrogens with one attached hydrogen (secondary N) is 1. The van der Waals surface area contributed by atoms with Gasteiger partial charge in [0, 0.05) is 6.42 Å². The van der Waals surface area contributed by atoms with Gasteiger partial charge in [-0.1, -0.05) is 24.7 Å². The van der Waals surface area contributed by atoms with Crippen LogP contribution in [0.25, 0.3) is 11.5 Å². The molecule has 0 spiro atoms. The first kappa shape index (κ1) is 14.3. The maximum Gasteiger partial charge on any atom is 0.410 e. The number of carboxylic acid groups (broad SMARTS) is 1. The lowest BCUT2D eigenvalue weighted by Crippen LogP contribution is -2.06. The highest BCUT2D eigenvalue weighted by Crippen LogP contribution is 2.32. The van der Waals surface area contributed by atoms with E-state index in [2.05, 4.69) is 10.3 Å². The van der Waals surface area contributed by atoms with Crippen LogP contribution in [0.3, 0.4) is 0 Å². The molecule has 0 saturated carbocycles. The number of carbonyl (C=O) groups is 2. The maximum absolute atomic E-state index is 12.2. The van der Waals surface area contributed by atoms with Gasteiger partial charge in [0.2, 0.25) is 0 Å². The number of anilines is 1. The third-order valence-electron chi connectivity index (χ3n) is 2.61. The van der Waals surface area contributed by atoms with Gasteiger partial charge in [-0.2, -0.15) is 0 Å². The molecule has 2 aromatic rings. The number of amides is 1. The monoisotopic (exact) mass is 294 g/mol. The van der Waals surface area contributed by atoms with Gasteiger partial charge >= 0.3 is 6.09 Å². The summed E-state index contributed by atoms with van der Waals surface area (Å²) in [6.07, 6.45) is 2.40. The van der Waals surface area contributed by atoms with Gasteiger partial charge in [-0.15, -0.1) is 0 Å². The summed E-state index contributed by atoms with van der Waals surface area (Å²) < 4.78 is 5.25. The van der Waals surface area contributed by atoms with Crippen molar-refractivity contribution in [1.29, 1.82) is 0 Å². The molecular formula is C13H14N2O4S. The highest BCUT2D eigenvalue weighted by Gasteiger charge is 2.21. The normalized spacial score (nSPS) is 10.4. The van der Waals surface area contributed by atoms with Crippen molar-refractivity contribution in [2.75, 3.05) is 5.32 Å². The minimum Gasteiger partial charge on any atom is -0.465 e. The van der Waals surface area contributed by atoms with E-state index in [1.165, 1.54) is 6.26 Å². The average Bonchev–Trinajstić information content (AvgIpc) is 3.03. The molecule has 0 bridgehead atoms. The SMILES string of the molecule is CCCCC(=O)c1sc(NC(=O)O)nc1-c1ccco1. The van der Waals surface area contributed by atoms with Crippen molar-refractivity contribution in [3.05, 3.63) is 23.3 Å². The lowest BCUT2D eigenvalue weighted by molar-refractivity contribution is 0.0984. The Morgan fingerprint density at radius 3 is 2.90 bits per heavy atom. The first-order chi connectivity index (χ1) is 9.61. The van der Waals surface area contributed by atoms with Gasteiger partial charge in [0.25, 0.3) is 0 Å². The lowest BCUT2D eigenvalue weighted by atomic mass is 10.1. The quantitative estimate of drug-likeness (QED) is 0.789. The van der Waals surface area contributed by atoms with Crippen LogP contribution in [0, 0.1) is 0 Å². The topological polar surface area (TPSA) is 92.4 Å². The fourth-order valence-electron chi connectivity index (χ4n) is 1.69. The number of Topliss-reactive ketones (excluding diaryl/α,β-unsaturated/α-hetero) is 1. The number of aromatic nitrogens is 1. The molecule has 0 aliphatic heterocycles. The zero-order valence-corrected chi connectivity index (χ0v) is 11.7. The Hall–Kier alpha value is -2.15. The molecule has 7 heteroatoms. The molecule has 0 radical (unpaired) electrons. The van der Waals surface area contributed by atoms with Crippen molar-refractivity contribution in [2.45, 2.75) is 26.2 Å². The van der Waals surface area contributed by atoms with Crippen LogP contribution in [0.4, 0.5) is 9.93 Å². The number of nitrogens with zero attached hydrogens (tertiary/aromatic N) is 1. The van der Waals surface area contributed by atoms with Crippen LogP contribution in [0.15, 0.2) is 22.8 Å². The molecular weight excluding hydrogens is 280 g/mol. The van der Waals surface area contributed by atoms with Crippen molar-refractivity contribution in [2.24, 2.45) is 0 Å². The van der Waals surface area contributed by atoms with E-state index in [0.717, 1.165) is 24.2 Å². The van der Waals surface area contributed by atoms with Crippen LogP contribution in [0.5, 0.6) is 0 Å². The lowest BCUT2D eigenvalue weighted by Gasteiger charge is -1.98. The number of unbranched alkanes of at least 4 members (excludes halogenated alkanes) is 1. The number of ketones is 1. The smallest absolute Gasteiger partial charge is 0.410 e. The van der Waals surface area contributed by atoms with Gasteiger partial charge in [0.1, 0.15) is 10.6 Å². The number of carbonyl (C=O) groups excluding carboxylic acids is 1. The van der Waals surface area contributed by atoms with E-state index in [-0.39, 0.29) is 10.9 Å². The molecule has 1 amide bonds. The first-order valence-corrected chi connectivity index (χ1v) is 7.01. The van der Waals surface area contributed by atoms with E-state index < -0.39 is 6.09 Å². The summed E-state index contributed by atoms with van der Waals surface area (Å²) in [5.41, 5.74) is 0.393. The zero-order chi connectivity index (χ0) is 14.5. The molecule has 2 aromatic heterocycles. The zero-order valence-electron chi connectivity index (χ0n) is 10.9. The molecule has 0 unspecified atom stereocenters. The van der Waals surface area contributed by atoms with Crippen LogP contribution in [0.1, 0.15) is 35.9 Å². The van der Waals surface area contributed by atoms with E-state index in [9.17, 15) is 9.59 Å². The first-order valence-electron chi connectivity index (χ1n) is 6.19. The van der Waals surface area contributed by atoms with Crippen molar-refractivity contribution in [3.8, 4) is 11.5 Å². The molecule has 2 heterocycles. The molecule has 0 saturated heterocycles. The van der Waals surface area contributed by atoms with E-state index in [4.69, 9.17) is 9.52 Å². The van der Waals surface area contributed by atoms with Crippen molar-refractivity contribution >= 4 is 28.3 Å². The van der Waals surface area contributed by atoms with Crippen molar-refractivity contribution in [1.82, 2.24) is 4.98 Å². The van der Waals surface area contributed by atoms with Gasteiger partial charge in [-0.3, -0.25) is 10.1 Å². The fourth-order valence-corrected chi connectivity index (χ4v) is 2.61. The van der Waals surface area contributed by atoms with Crippen LogP contribution in [-0.2, 0) is 0 Å². The van der Waals surface area contributed by atoms with Gasteiger partial charge in [-0.25, -0.2) is 9.78 Å². The van der Waals surface area contributed by atoms with E-state index >= 15 is 0 Å². The summed E-state index contributed by atoms with van der Waals surface area (Å²) in [5, 5.41) is 11.1. The van der Waals surface area contributed by atoms with E-state index in [0.29, 0.717) is 22.8 Å². The number of hydrogen-bond donors (Lipinski definition) is 2. The number of thiazole rings is 1. The third-order valence-corrected chi connectivity index (χ3v) is 3.62. The summed E-state index contributed by atoms with van der Waals surface area (Å²) in [7, 11) is 0. The molecule has 0 aliphatic rings. The summed E-state index contributed by atoms with van der Waals surface area (Å²) in [4.78, 5) is 27.4. The molecule has 2 rings (SSSR count). The Morgan fingerprint density at radius 2 is 2.30 bits per heavy atom. The molecule has 0 aromatic carbocycles. The standard InChI is InChI=1S/C13H14N2O4S/c1-2-3-5-8(16)11-10(9-6-4-7-19-9)14-12(20-11)15-13(17)18/h4,6-7H,2-3,5H2,1H3,(H,14,15)(H,17,18). The van der Waals surface area contributed by atoms with Crippen molar-refractivity contribution in [3.63, 3.8) is 0 Å². The summed E-state index contributed by atoms with van der Waals surface area (Å²) in [6, 6.07) is 3.38. The highest BCUT2D eigenvalue weighted by atomic mass is 32.1. The predicted molar refractivity (Wildman–Crippen MR) is 75.3 cm³/mol. The second-order valence-electron chi connectivity index (χ2n) is 4.13.